The van der Waals surface area contributed by atoms with Crippen LogP contribution in [0.4, 0.5) is 5.69 Å². The predicted octanol–water partition coefficient (Wildman–Crippen LogP) is 6.19. The van der Waals surface area contributed by atoms with Crippen molar-refractivity contribution in [3.63, 3.8) is 0 Å². The van der Waals surface area contributed by atoms with Gasteiger partial charge in [-0.1, -0.05) is 60.8 Å². The molecule has 38 heavy (non-hydrogen) atoms. The Kier molecular flexibility index (Phi) is 7.71. The van der Waals surface area contributed by atoms with E-state index < -0.39 is 0 Å². The molecule has 2 aromatic carbocycles. The van der Waals surface area contributed by atoms with Crippen molar-refractivity contribution in [1.29, 1.82) is 5.26 Å². The van der Waals surface area contributed by atoms with Gasteiger partial charge in [0.25, 0.3) is 5.56 Å². The number of benzene rings is 2. The molecule has 5 rings (SSSR count). The van der Waals surface area contributed by atoms with E-state index in [1.165, 1.54) is 11.1 Å². The van der Waals surface area contributed by atoms with Crippen LogP contribution in [-0.4, -0.2) is 40.1 Å². The number of nitriles is 1. The van der Waals surface area contributed by atoms with Crippen molar-refractivity contribution < 1.29 is 0 Å². The second kappa shape index (κ2) is 11.2. The molecule has 6 nitrogen and oxygen atoms in total. The third kappa shape index (κ3) is 5.15. The molecule has 1 atom stereocenters. The van der Waals surface area contributed by atoms with Crippen molar-refractivity contribution in [2.24, 2.45) is 7.05 Å². The van der Waals surface area contributed by atoms with Gasteiger partial charge in [0.1, 0.15) is 17.3 Å². The van der Waals surface area contributed by atoms with Crippen LogP contribution in [0.15, 0.2) is 71.5 Å². The molecular formula is C30H29Cl2N5O. The number of fused-ring (bicyclic) bond motifs is 1. The number of aryl methyl sites for hydroxylation is 1. The fourth-order valence-corrected chi connectivity index (χ4v) is 5.75. The fourth-order valence-electron chi connectivity index (χ4n) is 5.50. The topological polar surface area (TPSA) is 65.2 Å². The third-order valence-corrected chi connectivity index (χ3v) is 7.88. The van der Waals surface area contributed by atoms with Crippen molar-refractivity contribution in [2.45, 2.75) is 31.8 Å². The van der Waals surface area contributed by atoms with Gasteiger partial charge in [0, 0.05) is 48.8 Å². The van der Waals surface area contributed by atoms with E-state index in [-0.39, 0.29) is 17.6 Å². The van der Waals surface area contributed by atoms with Crippen molar-refractivity contribution in [1.82, 2.24) is 14.5 Å². The zero-order valence-corrected chi connectivity index (χ0v) is 23.0. The highest BCUT2D eigenvalue weighted by molar-refractivity contribution is 6.30. The molecule has 1 aliphatic rings. The summed E-state index contributed by atoms with van der Waals surface area (Å²) in [6, 6.07) is 23.7. The van der Waals surface area contributed by atoms with Gasteiger partial charge in [-0.2, -0.15) is 5.26 Å². The lowest BCUT2D eigenvalue weighted by molar-refractivity contribution is 0.130. The molecule has 3 heterocycles. The highest BCUT2D eigenvalue weighted by Crippen LogP contribution is 2.36. The van der Waals surface area contributed by atoms with Gasteiger partial charge in [-0.05, 0) is 53.9 Å². The minimum atomic E-state index is -0.0892. The standard InChI is InChI=1S/C30H29Cl2N5O/c1-3-4-25-19-36(27-17-28(38)35(2)26-14-13-24(18-33)34-29(26)27)15-16-37(25)30(20-5-9-22(31)10-6-20)21-7-11-23(32)12-8-21/h5-14,17,25,30H,3-4,15-16,19H2,1-2H3/t25-/m1/s1. The first-order valence-electron chi connectivity index (χ1n) is 12.8. The smallest absolute Gasteiger partial charge is 0.252 e. The van der Waals surface area contributed by atoms with Gasteiger partial charge < -0.3 is 9.47 Å². The van der Waals surface area contributed by atoms with Crippen LogP contribution in [0.25, 0.3) is 11.0 Å². The highest BCUT2D eigenvalue weighted by atomic mass is 35.5. The van der Waals surface area contributed by atoms with Gasteiger partial charge in [0.05, 0.1) is 17.2 Å². The molecule has 0 saturated carbocycles. The summed E-state index contributed by atoms with van der Waals surface area (Å²) in [6.07, 6.45) is 2.02. The largest absolute Gasteiger partial charge is 0.367 e. The van der Waals surface area contributed by atoms with E-state index >= 15 is 0 Å². The highest BCUT2D eigenvalue weighted by Gasteiger charge is 2.34. The van der Waals surface area contributed by atoms with Gasteiger partial charge in [0.2, 0.25) is 0 Å². The molecule has 8 heteroatoms. The first-order valence-corrected chi connectivity index (χ1v) is 13.6. The van der Waals surface area contributed by atoms with E-state index in [0.717, 1.165) is 43.7 Å². The first-order chi connectivity index (χ1) is 18.4. The molecule has 0 aliphatic carbocycles. The zero-order valence-electron chi connectivity index (χ0n) is 21.4. The van der Waals surface area contributed by atoms with Crippen molar-refractivity contribution in [3.8, 4) is 6.07 Å². The van der Waals surface area contributed by atoms with Gasteiger partial charge in [0.15, 0.2) is 0 Å². The summed E-state index contributed by atoms with van der Waals surface area (Å²) in [4.78, 5) is 22.3. The summed E-state index contributed by atoms with van der Waals surface area (Å²) in [6.45, 7) is 4.45. The Morgan fingerprint density at radius 2 is 1.63 bits per heavy atom. The van der Waals surface area contributed by atoms with Crippen LogP contribution in [0.5, 0.6) is 0 Å². The third-order valence-electron chi connectivity index (χ3n) is 7.38. The van der Waals surface area contributed by atoms with Crippen LogP contribution in [0.1, 0.15) is 42.6 Å². The van der Waals surface area contributed by atoms with Gasteiger partial charge >= 0.3 is 0 Å². The average Bonchev–Trinajstić information content (AvgIpc) is 2.93. The monoisotopic (exact) mass is 545 g/mol. The van der Waals surface area contributed by atoms with Crippen molar-refractivity contribution in [2.75, 3.05) is 24.5 Å². The number of halogens is 2. The van der Waals surface area contributed by atoms with Crippen LogP contribution >= 0.6 is 23.2 Å². The number of piperazine rings is 1. The van der Waals surface area contributed by atoms with Crippen LogP contribution in [0.2, 0.25) is 10.0 Å². The first kappa shape index (κ1) is 26.2. The number of pyridine rings is 2. The Bertz CT molecular complexity index is 1500. The number of anilines is 1. The lowest BCUT2D eigenvalue weighted by atomic mass is 9.93. The predicted molar refractivity (Wildman–Crippen MR) is 154 cm³/mol. The number of hydrogen-bond donors (Lipinski definition) is 0. The lowest BCUT2D eigenvalue weighted by Gasteiger charge is -2.46. The van der Waals surface area contributed by atoms with Crippen molar-refractivity contribution >= 4 is 39.9 Å². The van der Waals surface area contributed by atoms with E-state index in [1.807, 2.05) is 30.3 Å². The molecule has 1 aliphatic heterocycles. The molecule has 0 radical (unpaired) electrons. The fraction of sp³-hybridized carbons (Fsp3) is 0.300. The summed E-state index contributed by atoms with van der Waals surface area (Å²) >= 11 is 12.5. The quantitative estimate of drug-likeness (QED) is 0.289. The van der Waals surface area contributed by atoms with Gasteiger partial charge in [-0.3, -0.25) is 9.69 Å². The Morgan fingerprint density at radius 1 is 1.00 bits per heavy atom. The number of rotatable bonds is 6. The molecule has 0 bridgehead atoms. The molecule has 0 amide bonds. The second-order valence-corrected chi connectivity index (χ2v) is 10.6. The molecule has 0 spiro atoms. The van der Waals surface area contributed by atoms with E-state index in [1.54, 1.807) is 23.7 Å². The van der Waals surface area contributed by atoms with E-state index in [2.05, 4.69) is 52.0 Å². The second-order valence-electron chi connectivity index (χ2n) is 9.73. The minimum absolute atomic E-state index is 0.0342. The molecule has 2 aromatic heterocycles. The van der Waals surface area contributed by atoms with E-state index in [4.69, 9.17) is 23.2 Å². The molecule has 1 fully saturated rings. The molecule has 0 N–H and O–H groups in total. The van der Waals surface area contributed by atoms with E-state index in [9.17, 15) is 10.1 Å². The molecular weight excluding hydrogens is 517 g/mol. The summed E-state index contributed by atoms with van der Waals surface area (Å²) in [7, 11) is 1.74. The maximum atomic E-state index is 12.9. The SMILES string of the molecule is CCC[C@@H]1CN(c2cc(=O)n(C)c3ccc(C#N)nc23)CCN1C(c1ccc(Cl)cc1)c1ccc(Cl)cc1. The minimum Gasteiger partial charge on any atom is -0.367 e. The average molecular weight is 547 g/mol. The molecule has 0 unspecified atom stereocenters. The molecule has 1 saturated heterocycles. The Morgan fingerprint density at radius 3 is 2.21 bits per heavy atom. The Labute approximate surface area is 232 Å². The lowest BCUT2D eigenvalue weighted by Crippen LogP contribution is -2.54. The van der Waals surface area contributed by atoms with E-state index in [0.29, 0.717) is 21.3 Å². The summed E-state index contributed by atoms with van der Waals surface area (Å²) in [5, 5.41) is 10.9. The van der Waals surface area contributed by atoms with Crippen LogP contribution in [0.3, 0.4) is 0 Å². The summed E-state index contributed by atoms with van der Waals surface area (Å²) < 4.78 is 1.59. The molecule has 4 aromatic rings. The van der Waals surface area contributed by atoms with Crippen LogP contribution < -0.4 is 10.5 Å². The van der Waals surface area contributed by atoms with Gasteiger partial charge in [-0.15, -0.1) is 0 Å². The Balaban J connectivity index is 1.55. The normalized spacial score (nSPS) is 16.2. The molecule has 194 valence electrons. The van der Waals surface area contributed by atoms with Gasteiger partial charge in [-0.25, -0.2) is 4.98 Å². The number of aromatic nitrogens is 2. The summed E-state index contributed by atoms with van der Waals surface area (Å²) in [5.74, 6) is 0. The maximum Gasteiger partial charge on any atom is 0.252 e. The zero-order chi connectivity index (χ0) is 26.8. The van der Waals surface area contributed by atoms with Crippen LogP contribution in [-0.2, 0) is 7.05 Å². The number of nitrogens with zero attached hydrogens (tertiary/aromatic N) is 5. The summed E-state index contributed by atoms with van der Waals surface area (Å²) in [5.41, 5.74) is 4.79. The van der Waals surface area contributed by atoms with Crippen LogP contribution in [0, 0.1) is 11.3 Å². The maximum absolute atomic E-state index is 12.9. The number of hydrogen-bond acceptors (Lipinski definition) is 5. The van der Waals surface area contributed by atoms with Crippen molar-refractivity contribution in [3.05, 3.63) is 104 Å². The Hall–Kier alpha value is -3.37.